The molecule has 0 bridgehead atoms. The van der Waals surface area contributed by atoms with Gasteiger partial charge < -0.3 is 0 Å². The third kappa shape index (κ3) is 1220. The maximum atomic E-state index is 8.46. The van der Waals surface area contributed by atoms with E-state index in [4.69, 9.17) is 47.8 Å². The van der Waals surface area contributed by atoms with Gasteiger partial charge >= 0.3 is 193 Å². The van der Waals surface area contributed by atoms with Gasteiger partial charge in [-0.05, 0) is 0 Å². The first-order valence-corrected chi connectivity index (χ1v) is 8.49. The summed E-state index contributed by atoms with van der Waals surface area (Å²) in [6, 6.07) is 0. The van der Waals surface area contributed by atoms with Crippen molar-refractivity contribution in [3.05, 3.63) is 0 Å². The molecule has 0 unspecified atom stereocenters. The van der Waals surface area contributed by atoms with E-state index in [1.165, 1.54) is 0 Å². The molecule has 0 heterocycles. The molecule has 0 aromatic rings. The van der Waals surface area contributed by atoms with E-state index in [0.29, 0.717) is 0 Å². The summed E-state index contributed by atoms with van der Waals surface area (Å²) >= 11 is -10.5. The van der Waals surface area contributed by atoms with Gasteiger partial charge in [0.25, 0.3) is 0 Å². The Morgan fingerprint density at radius 1 is 0.400 bits per heavy atom. The van der Waals surface area contributed by atoms with E-state index >= 15 is 0 Å². The monoisotopic (exact) mass is 512 g/mol. The van der Waals surface area contributed by atoms with Gasteiger partial charge in [-0.1, -0.05) is 0 Å². The Bertz CT molecular complexity index is 119. The van der Waals surface area contributed by atoms with Gasteiger partial charge in [0.2, 0.25) is 0 Å². The first-order chi connectivity index (χ1) is 8.49. The normalized spacial score (nSPS) is 2.40. The number of hydrogen-bond donors (Lipinski definition) is 0. The minimum Gasteiger partial charge on any atom is 3.00 e. The Morgan fingerprint density at radius 3 is 0.400 bits per heavy atom. The number of hydrogen-bond acceptors (Lipinski definition) is 12. The summed E-state index contributed by atoms with van der Waals surface area (Å²) in [5.41, 5.74) is 0. The van der Waals surface area contributed by atoms with E-state index < -0.39 is 92.9 Å². The van der Waals surface area contributed by atoms with Crippen LogP contribution in [0.3, 0.4) is 0 Å². The summed E-state index contributed by atoms with van der Waals surface area (Å²) in [5.74, 6) is 0. The second-order valence-corrected chi connectivity index (χ2v) is 1.73. The molecule has 0 saturated carbocycles. The molecule has 0 saturated heterocycles. The molecular weight excluding hydrogens is 513 g/mol. The van der Waals surface area contributed by atoms with E-state index in [0.717, 1.165) is 0 Å². The Hall–Kier alpha value is 2.54. The largest absolute Gasteiger partial charge is 3.00 e. The van der Waals surface area contributed by atoms with E-state index in [-0.39, 0.29) is 52.5 Å². The van der Waals surface area contributed by atoms with Crippen LogP contribution in [-0.2, 0) is 55.5 Å². The second kappa shape index (κ2) is 125. The van der Waals surface area contributed by atoms with Crippen molar-refractivity contribution >= 4 is 113 Å². The SMILES string of the molecule is [Ga+3].[O]=[Al][O-].[O]=[Al][O-].[O]=[Al][O-].[O]=[Al][O-].[O]=[Al][O-].[O]=[Al][O-].[Y+3]. The molecule has 0 aliphatic rings. The van der Waals surface area contributed by atoms with Crippen molar-refractivity contribution in [2.45, 2.75) is 0 Å². The van der Waals surface area contributed by atoms with Crippen LogP contribution in [0.5, 0.6) is 0 Å². The molecule has 0 N–H and O–H groups in total. The van der Waals surface area contributed by atoms with Crippen molar-refractivity contribution in [1.82, 2.24) is 0 Å². The second-order valence-electron chi connectivity index (χ2n) is 0.577. The first kappa shape index (κ1) is 49.5. The van der Waals surface area contributed by atoms with Gasteiger partial charge in [0.1, 0.15) is 0 Å². The van der Waals surface area contributed by atoms with Crippen LogP contribution < -0.4 is 24.9 Å². The summed E-state index contributed by atoms with van der Waals surface area (Å²) in [4.78, 5) is 0. The van der Waals surface area contributed by atoms with Crippen LogP contribution in [-0.4, -0.2) is 113 Å². The van der Waals surface area contributed by atoms with E-state index in [1.807, 2.05) is 0 Å². The molecule has 0 aliphatic carbocycles. The van der Waals surface area contributed by atoms with Crippen molar-refractivity contribution in [2.24, 2.45) is 0 Å². The molecule has 0 aromatic heterocycles. The van der Waals surface area contributed by atoms with Crippen LogP contribution >= 0.6 is 0 Å². The summed E-state index contributed by atoms with van der Waals surface area (Å²) in [5, 5.41) is 0. The van der Waals surface area contributed by atoms with Crippen molar-refractivity contribution in [3.63, 3.8) is 0 Å². The van der Waals surface area contributed by atoms with E-state index in [1.54, 1.807) is 0 Å². The molecule has 20 heavy (non-hydrogen) atoms. The van der Waals surface area contributed by atoms with Crippen LogP contribution in [0.1, 0.15) is 0 Å². The smallest absolute Gasteiger partial charge is 3.00 e. The summed E-state index contributed by atoms with van der Waals surface area (Å²) in [6.45, 7) is 0. The molecule has 0 spiro atoms. The van der Waals surface area contributed by atoms with Crippen LogP contribution in [0.15, 0.2) is 0 Å². The summed E-state index contributed by atoms with van der Waals surface area (Å²) in [7, 11) is 0. The standard InChI is InChI=1S/6Al.Ga.12O.Y/q;;;;;;+3;;;;;;;6*-1;+3. The predicted molar refractivity (Wildman–Crippen MR) is 44.4 cm³/mol. The third-order valence-electron chi connectivity index (χ3n) is 0. The zero-order valence-electron chi connectivity index (χ0n) is 9.52. The molecule has 0 rings (SSSR count). The molecule has 0 amide bonds. The van der Waals surface area contributed by atoms with Crippen LogP contribution in [0.25, 0.3) is 0 Å². The third-order valence-corrected chi connectivity index (χ3v) is 0. The molecule has 0 fully saturated rings. The fourth-order valence-corrected chi connectivity index (χ4v) is 0. The minimum absolute atomic E-state index is 0. The van der Waals surface area contributed by atoms with Crippen LogP contribution in [0, 0.1) is 0 Å². The van der Waals surface area contributed by atoms with Gasteiger partial charge in [0, 0.05) is 0 Å². The molecular formula is Al6GaO12Y. The van der Waals surface area contributed by atoms with Gasteiger partial charge in [-0.25, -0.2) is 0 Å². The molecule has 12 nitrogen and oxygen atoms in total. The van der Waals surface area contributed by atoms with Gasteiger partial charge in [0.05, 0.1) is 0 Å². The fraction of sp³-hybridized carbons (Fsp3) is 0. The molecule has 96 valence electrons. The molecule has 0 atom stereocenters. The zero-order chi connectivity index (χ0) is 16.2. The average Bonchev–Trinajstić information content (AvgIpc) is 2.23. The van der Waals surface area contributed by atoms with Gasteiger partial charge in [0.15, 0.2) is 0 Å². The Kier molecular flexibility index (Phi) is 308. The van der Waals surface area contributed by atoms with Crippen LogP contribution in [0.2, 0.25) is 0 Å². The average molecular weight is 513 g/mol. The van der Waals surface area contributed by atoms with Gasteiger partial charge in [-0.2, -0.15) is 0 Å². The maximum Gasteiger partial charge on any atom is 3.00 e. The van der Waals surface area contributed by atoms with Crippen LogP contribution in [0.4, 0.5) is 0 Å². The quantitative estimate of drug-likeness (QED) is 0.275. The summed E-state index contributed by atoms with van der Waals surface area (Å²) < 4.78 is 101. The van der Waals surface area contributed by atoms with E-state index in [9.17, 15) is 0 Å². The Labute approximate surface area is 190 Å². The van der Waals surface area contributed by atoms with Crippen molar-refractivity contribution in [2.75, 3.05) is 0 Å². The zero-order valence-corrected chi connectivity index (χ0v) is 21.7. The predicted octanol–water partition coefficient (Wildman–Crippen LogP) is -10.5. The van der Waals surface area contributed by atoms with Crippen molar-refractivity contribution < 1.29 is 80.5 Å². The van der Waals surface area contributed by atoms with Gasteiger partial charge in [-0.3, -0.25) is 0 Å². The molecule has 20 heteroatoms. The fourth-order valence-electron chi connectivity index (χ4n) is 0. The number of rotatable bonds is 0. The molecule has 0 aliphatic heterocycles. The minimum atomic E-state index is -1.75. The molecule has 0 radical (unpaired) electrons. The molecule has 0 aromatic carbocycles. The Morgan fingerprint density at radius 2 is 0.400 bits per heavy atom. The van der Waals surface area contributed by atoms with Crippen molar-refractivity contribution in [3.8, 4) is 0 Å². The first-order valence-electron chi connectivity index (χ1n) is 2.83. The topological polar surface area (TPSA) is 241 Å². The van der Waals surface area contributed by atoms with E-state index in [2.05, 4.69) is 0 Å². The van der Waals surface area contributed by atoms with Gasteiger partial charge in [-0.15, -0.1) is 0 Å². The summed E-state index contributed by atoms with van der Waals surface area (Å²) in [6.07, 6.45) is 0. The maximum absolute atomic E-state index is 8.46. The van der Waals surface area contributed by atoms with Crippen molar-refractivity contribution in [1.29, 1.82) is 0 Å². The Balaban J connectivity index is -0.0000000141.